The molecule has 0 radical (unpaired) electrons. The zero-order valence-corrected chi connectivity index (χ0v) is 15.3. The van der Waals surface area contributed by atoms with Gasteiger partial charge in [-0.1, -0.05) is 0 Å². The first-order valence-corrected chi connectivity index (χ1v) is 8.41. The van der Waals surface area contributed by atoms with Crippen LogP contribution in [0.5, 0.6) is 5.75 Å². The second-order valence-electron chi connectivity index (χ2n) is 6.46. The van der Waals surface area contributed by atoms with Crippen molar-refractivity contribution < 1.29 is 39.5 Å². The van der Waals surface area contributed by atoms with Crippen LogP contribution in [0, 0.1) is 6.92 Å². The third kappa shape index (κ3) is 4.32. The summed E-state index contributed by atoms with van der Waals surface area (Å²) in [6.45, 7) is 2.48. The molecule has 1 aromatic heterocycles. The fourth-order valence-electron chi connectivity index (χ4n) is 3.08. The van der Waals surface area contributed by atoms with Crippen molar-refractivity contribution in [2.24, 2.45) is 0 Å². The zero-order valence-electron chi connectivity index (χ0n) is 15.3. The molecule has 0 bridgehead atoms. The number of aryl methyl sites for hydroxylation is 1. The molecule has 154 valence electrons. The topological polar surface area (TPSA) is 170 Å². The van der Waals surface area contributed by atoms with Crippen LogP contribution in [0.4, 0.5) is 0 Å². The van der Waals surface area contributed by atoms with Crippen molar-refractivity contribution in [3.63, 3.8) is 0 Å². The van der Waals surface area contributed by atoms with E-state index in [4.69, 9.17) is 13.9 Å². The van der Waals surface area contributed by atoms with E-state index in [2.05, 4.69) is 5.32 Å². The van der Waals surface area contributed by atoms with Crippen LogP contribution in [0.15, 0.2) is 33.5 Å². The maximum atomic E-state index is 11.6. The quantitative estimate of drug-likeness (QED) is 0.456. The molecule has 6 N–H and O–H groups in total. The van der Waals surface area contributed by atoms with Gasteiger partial charge in [0, 0.05) is 24.4 Å². The molecule has 0 spiro atoms. The predicted molar refractivity (Wildman–Crippen MR) is 96.8 cm³/mol. The Labute approximate surface area is 159 Å². The Morgan fingerprint density at radius 2 is 1.96 bits per heavy atom. The molecule has 28 heavy (non-hydrogen) atoms. The molecule has 10 nitrogen and oxygen atoms in total. The normalized spacial score (nSPS) is 27.1. The van der Waals surface area contributed by atoms with Gasteiger partial charge in [0.05, 0.1) is 6.61 Å². The van der Waals surface area contributed by atoms with Gasteiger partial charge in [0.2, 0.25) is 12.2 Å². The monoisotopic (exact) mass is 397 g/mol. The molecule has 1 aromatic carbocycles. The van der Waals surface area contributed by atoms with E-state index in [1.807, 2.05) is 0 Å². The van der Waals surface area contributed by atoms with Crippen molar-refractivity contribution in [3.8, 4) is 5.75 Å². The molecule has 1 aliphatic heterocycles. The Kier molecular flexibility index (Phi) is 6.75. The van der Waals surface area contributed by atoms with Crippen LogP contribution in [0.25, 0.3) is 11.0 Å². The Morgan fingerprint density at radius 1 is 1.25 bits per heavy atom. The van der Waals surface area contributed by atoms with Crippen molar-refractivity contribution in [3.05, 3.63) is 40.2 Å². The molecule has 1 amide bonds. The highest BCUT2D eigenvalue weighted by molar-refractivity contribution is 5.81. The van der Waals surface area contributed by atoms with Gasteiger partial charge < -0.3 is 40.0 Å². The Balaban J connectivity index is 0.00000280. The van der Waals surface area contributed by atoms with Gasteiger partial charge in [-0.15, -0.1) is 0 Å². The van der Waals surface area contributed by atoms with E-state index in [1.165, 1.54) is 19.1 Å². The van der Waals surface area contributed by atoms with Crippen molar-refractivity contribution in [2.45, 2.75) is 44.5 Å². The summed E-state index contributed by atoms with van der Waals surface area (Å²) >= 11 is 0. The van der Waals surface area contributed by atoms with Crippen LogP contribution in [0.1, 0.15) is 12.5 Å². The number of aliphatic hydroxyl groups is 3. The van der Waals surface area contributed by atoms with Gasteiger partial charge in [-0.3, -0.25) is 4.79 Å². The molecule has 1 fully saturated rings. The third-order valence-electron chi connectivity index (χ3n) is 4.43. The molecule has 1 aliphatic rings. The maximum absolute atomic E-state index is 11.6. The van der Waals surface area contributed by atoms with E-state index in [-0.39, 0.29) is 11.2 Å². The number of carbonyl (C=O) groups is 1. The molecule has 10 heteroatoms. The first kappa shape index (κ1) is 21.8. The summed E-state index contributed by atoms with van der Waals surface area (Å²) in [6, 6.07) is 5.12. The molecule has 0 saturated carbocycles. The smallest absolute Gasteiger partial charge is 0.336 e. The van der Waals surface area contributed by atoms with Gasteiger partial charge in [0.1, 0.15) is 35.7 Å². The minimum Gasteiger partial charge on any atom is -0.462 e. The molecule has 0 unspecified atom stereocenters. The molecular formula is C18H23NO9. The number of hydrogen-bond acceptors (Lipinski definition) is 8. The average Bonchev–Trinajstić information content (AvgIpc) is 2.60. The van der Waals surface area contributed by atoms with Gasteiger partial charge in [0.25, 0.3) is 0 Å². The zero-order chi connectivity index (χ0) is 19.7. The molecule has 2 heterocycles. The lowest BCUT2D eigenvalue weighted by Crippen LogP contribution is -2.65. The van der Waals surface area contributed by atoms with Gasteiger partial charge in [-0.25, -0.2) is 4.79 Å². The number of carbonyl (C=O) groups excluding carboxylic acids is 1. The predicted octanol–water partition coefficient (Wildman–Crippen LogP) is -1.40. The summed E-state index contributed by atoms with van der Waals surface area (Å²) in [5.41, 5.74) is 0.557. The summed E-state index contributed by atoms with van der Waals surface area (Å²) in [5.74, 6) is -0.192. The largest absolute Gasteiger partial charge is 0.462 e. The van der Waals surface area contributed by atoms with Crippen molar-refractivity contribution >= 4 is 16.9 Å². The van der Waals surface area contributed by atoms with E-state index < -0.39 is 48.8 Å². The number of rotatable bonds is 4. The number of fused-ring (bicyclic) bond motifs is 1. The van der Waals surface area contributed by atoms with Crippen LogP contribution in [0.2, 0.25) is 0 Å². The van der Waals surface area contributed by atoms with Crippen molar-refractivity contribution in [1.29, 1.82) is 0 Å². The minimum absolute atomic E-state index is 0. The maximum Gasteiger partial charge on any atom is 0.336 e. The molecule has 3 rings (SSSR count). The molecule has 2 aromatic rings. The number of amides is 1. The van der Waals surface area contributed by atoms with E-state index in [0.29, 0.717) is 5.58 Å². The number of nitrogens with one attached hydrogen (secondary N) is 1. The van der Waals surface area contributed by atoms with E-state index >= 15 is 0 Å². The fourth-order valence-corrected chi connectivity index (χ4v) is 3.08. The Bertz CT molecular complexity index is 896. The second kappa shape index (κ2) is 8.67. The third-order valence-corrected chi connectivity index (χ3v) is 4.43. The highest BCUT2D eigenvalue weighted by Crippen LogP contribution is 2.27. The lowest BCUT2D eigenvalue weighted by atomic mass is 9.97. The van der Waals surface area contributed by atoms with Crippen molar-refractivity contribution in [2.75, 3.05) is 6.61 Å². The van der Waals surface area contributed by atoms with E-state index in [0.717, 1.165) is 10.9 Å². The summed E-state index contributed by atoms with van der Waals surface area (Å²) < 4.78 is 16.4. The minimum atomic E-state index is -1.41. The van der Waals surface area contributed by atoms with Crippen LogP contribution >= 0.6 is 0 Å². The molecule has 5 atom stereocenters. The van der Waals surface area contributed by atoms with Crippen LogP contribution < -0.4 is 15.7 Å². The Morgan fingerprint density at radius 3 is 2.61 bits per heavy atom. The number of benzene rings is 1. The summed E-state index contributed by atoms with van der Waals surface area (Å²) in [5, 5.41) is 32.9. The van der Waals surface area contributed by atoms with Crippen LogP contribution in [0.3, 0.4) is 0 Å². The second-order valence-corrected chi connectivity index (χ2v) is 6.46. The van der Waals surface area contributed by atoms with Gasteiger partial charge in [-0.05, 0) is 24.6 Å². The van der Waals surface area contributed by atoms with Crippen molar-refractivity contribution in [1.82, 2.24) is 5.32 Å². The number of ether oxygens (including phenoxy) is 2. The average molecular weight is 397 g/mol. The summed E-state index contributed by atoms with van der Waals surface area (Å²) in [4.78, 5) is 23.0. The molecule has 1 saturated heterocycles. The number of aliphatic hydroxyl groups excluding tert-OH is 3. The highest BCUT2D eigenvalue weighted by atomic mass is 16.7. The molecular weight excluding hydrogens is 374 g/mol. The summed E-state index contributed by atoms with van der Waals surface area (Å²) in [7, 11) is 0. The molecule has 0 aliphatic carbocycles. The first-order chi connectivity index (χ1) is 12.8. The first-order valence-electron chi connectivity index (χ1n) is 8.41. The van der Waals surface area contributed by atoms with Crippen LogP contribution in [-0.2, 0) is 9.53 Å². The lowest BCUT2D eigenvalue weighted by Gasteiger charge is -2.42. The van der Waals surface area contributed by atoms with Gasteiger partial charge in [-0.2, -0.15) is 0 Å². The van der Waals surface area contributed by atoms with Crippen LogP contribution in [-0.4, -0.2) is 64.0 Å². The van der Waals surface area contributed by atoms with E-state index in [1.54, 1.807) is 19.1 Å². The van der Waals surface area contributed by atoms with Gasteiger partial charge in [0.15, 0.2) is 0 Å². The van der Waals surface area contributed by atoms with E-state index in [9.17, 15) is 24.9 Å². The Hall–Kier alpha value is -2.50. The van der Waals surface area contributed by atoms with Gasteiger partial charge >= 0.3 is 5.63 Å². The highest BCUT2D eigenvalue weighted by Gasteiger charge is 2.46. The standard InChI is InChI=1S/C18H21NO8.H2O/c1-8-5-14(22)26-12-6-10(3-4-11(8)12)25-18-15(19-9(2)21)17(24)16(23)13(7-20)27-18;/h3-6,13,15-18,20,23-24H,7H2,1-2H3,(H,19,21);1H2/t13-,15-,16+,17-,18-;/m1./s1. The summed E-state index contributed by atoms with van der Waals surface area (Å²) in [6.07, 6.45) is -5.08. The SMILES string of the molecule is CC(=O)N[C@H]1[C@H](Oc2ccc3c(C)cc(=O)oc3c2)O[C@H](CO)[C@H](O)[C@@H]1O.O. The lowest BCUT2D eigenvalue weighted by molar-refractivity contribution is -0.244. The fraction of sp³-hybridized carbons (Fsp3) is 0.444. The number of hydrogen-bond donors (Lipinski definition) is 4.